The summed E-state index contributed by atoms with van der Waals surface area (Å²) in [5.41, 5.74) is 10.6. The Bertz CT molecular complexity index is 1100. The minimum Gasteiger partial charge on any atom is -0.496 e. The first kappa shape index (κ1) is 15.9. The van der Waals surface area contributed by atoms with Crippen molar-refractivity contribution < 1.29 is 9.53 Å². The molecule has 0 spiro atoms. The number of hydrogen-bond donors (Lipinski definition) is 2. The molecular weight excluding hydrogens is 326 g/mol. The largest absolute Gasteiger partial charge is 0.496 e. The number of fused-ring (bicyclic) bond motifs is 1. The van der Waals surface area contributed by atoms with E-state index in [-0.39, 0.29) is 0 Å². The number of nitrogens with zero attached hydrogens (tertiary/aromatic N) is 1. The average molecular weight is 343 g/mol. The highest BCUT2D eigenvalue weighted by molar-refractivity contribution is 5.97. The van der Waals surface area contributed by atoms with Gasteiger partial charge < -0.3 is 15.5 Å². The summed E-state index contributed by atoms with van der Waals surface area (Å²) in [5.74, 6) is 0.374. The van der Waals surface area contributed by atoms with Crippen LogP contribution in [0.3, 0.4) is 0 Å². The number of amides is 1. The lowest BCUT2D eigenvalue weighted by Crippen LogP contribution is -2.10. The summed E-state index contributed by atoms with van der Waals surface area (Å²) in [5, 5.41) is 1.01. The molecule has 2 aromatic heterocycles. The number of benzene rings is 2. The second kappa shape index (κ2) is 6.37. The number of methoxy groups -OCH3 is 1. The number of rotatable bonds is 4. The third kappa shape index (κ3) is 2.69. The Morgan fingerprint density at radius 1 is 1.04 bits per heavy atom. The summed E-state index contributed by atoms with van der Waals surface area (Å²) in [6.07, 6.45) is 3.75. The van der Waals surface area contributed by atoms with Crippen molar-refractivity contribution in [1.82, 2.24) is 9.97 Å². The lowest BCUT2D eigenvalue weighted by molar-refractivity contribution is 0.100. The zero-order valence-electron chi connectivity index (χ0n) is 14.2. The highest BCUT2D eigenvalue weighted by Crippen LogP contribution is 2.35. The summed E-state index contributed by atoms with van der Waals surface area (Å²) in [4.78, 5) is 19.0. The molecular formula is C21H17N3O2. The van der Waals surface area contributed by atoms with Crippen LogP contribution in [0.2, 0.25) is 0 Å². The van der Waals surface area contributed by atoms with Crippen LogP contribution in [0.5, 0.6) is 5.75 Å². The minimum atomic E-state index is -0.436. The van der Waals surface area contributed by atoms with Gasteiger partial charge in [-0.25, -0.2) is 4.98 Å². The number of carbonyl (C=O) groups excluding carboxylic acids is 1. The van der Waals surface area contributed by atoms with Crippen molar-refractivity contribution in [2.24, 2.45) is 5.73 Å². The van der Waals surface area contributed by atoms with Crippen molar-refractivity contribution in [3.8, 4) is 28.0 Å². The average Bonchev–Trinajstić information content (AvgIpc) is 3.11. The van der Waals surface area contributed by atoms with Gasteiger partial charge in [-0.2, -0.15) is 0 Å². The van der Waals surface area contributed by atoms with Crippen molar-refractivity contribution in [3.05, 3.63) is 72.6 Å². The third-order valence-corrected chi connectivity index (χ3v) is 4.43. The summed E-state index contributed by atoms with van der Waals surface area (Å²) < 4.78 is 5.49. The molecule has 4 rings (SSSR count). The second-order valence-corrected chi connectivity index (χ2v) is 5.96. The van der Waals surface area contributed by atoms with Crippen LogP contribution in [0.15, 0.2) is 67.0 Å². The Balaban J connectivity index is 1.83. The van der Waals surface area contributed by atoms with Crippen molar-refractivity contribution >= 4 is 16.9 Å². The molecule has 0 aliphatic heterocycles. The normalized spacial score (nSPS) is 10.8. The van der Waals surface area contributed by atoms with Crippen molar-refractivity contribution in [2.75, 3.05) is 7.11 Å². The standard InChI is InChI=1S/C21H17N3O2/c1-26-19-5-3-2-4-16(19)18-12-24-21-17(18)10-15(11-23-21)13-6-8-14(9-7-13)20(22)25/h2-12H,1H3,(H2,22,25)(H,23,24). The van der Waals surface area contributed by atoms with Gasteiger partial charge in [0, 0.05) is 40.0 Å². The predicted molar refractivity (Wildman–Crippen MR) is 102 cm³/mol. The van der Waals surface area contributed by atoms with Crippen LogP contribution in [-0.4, -0.2) is 23.0 Å². The van der Waals surface area contributed by atoms with E-state index in [4.69, 9.17) is 10.5 Å². The number of primary amides is 1. The lowest BCUT2D eigenvalue weighted by Gasteiger charge is -2.08. The first-order valence-corrected chi connectivity index (χ1v) is 8.18. The number of ether oxygens (including phenoxy) is 1. The molecule has 2 heterocycles. The molecule has 4 aromatic rings. The van der Waals surface area contributed by atoms with E-state index >= 15 is 0 Å². The molecule has 0 saturated heterocycles. The van der Waals surface area contributed by atoms with Gasteiger partial charge in [0.05, 0.1) is 7.11 Å². The highest BCUT2D eigenvalue weighted by atomic mass is 16.5. The van der Waals surface area contributed by atoms with Crippen LogP contribution in [0.4, 0.5) is 0 Å². The molecule has 0 radical (unpaired) electrons. The molecule has 0 aliphatic rings. The van der Waals surface area contributed by atoms with Gasteiger partial charge in [0.1, 0.15) is 11.4 Å². The number of nitrogens with one attached hydrogen (secondary N) is 1. The minimum absolute atomic E-state index is 0.436. The van der Waals surface area contributed by atoms with Crippen LogP contribution in [0.25, 0.3) is 33.3 Å². The molecule has 2 aromatic carbocycles. The molecule has 3 N–H and O–H groups in total. The monoisotopic (exact) mass is 343 g/mol. The van der Waals surface area contributed by atoms with Gasteiger partial charge in [-0.1, -0.05) is 30.3 Å². The lowest BCUT2D eigenvalue weighted by atomic mass is 10.0. The smallest absolute Gasteiger partial charge is 0.248 e. The van der Waals surface area contributed by atoms with Gasteiger partial charge in [-0.3, -0.25) is 4.79 Å². The maximum atomic E-state index is 11.2. The Kier molecular flexibility index (Phi) is 3.89. The fourth-order valence-electron chi connectivity index (χ4n) is 3.08. The summed E-state index contributed by atoms with van der Waals surface area (Å²) in [6, 6.07) is 17.2. The van der Waals surface area contributed by atoms with E-state index in [1.54, 1.807) is 19.2 Å². The maximum Gasteiger partial charge on any atom is 0.248 e. The van der Waals surface area contributed by atoms with Gasteiger partial charge in [0.2, 0.25) is 5.91 Å². The molecule has 0 fully saturated rings. The van der Waals surface area contributed by atoms with E-state index in [1.807, 2.05) is 48.8 Å². The summed E-state index contributed by atoms with van der Waals surface area (Å²) in [7, 11) is 1.66. The molecule has 26 heavy (non-hydrogen) atoms. The first-order chi connectivity index (χ1) is 12.7. The molecule has 0 aliphatic carbocycles. The number of pyridine rings is 1. The van der Waals surface area contributed by atoms with E-state index in [2.05, 4.69) is 16.0 Å². The van der Waals surface area contributed by atoms with Gasteiger partial charge in [0.15, 0.2) is 0 Å². The van der Waals surface area contributed by atoms with Gasteiger partial charge in [-0.15, -0.1) is 0 Å². The number of hydrogen-bond acceptors (Lipinski definition) is 3. The van der Waals surface area contributed by atoms with Crippen LogP contribution in [0.1, 0.15) is 10.4 Å². The number of H-pyrrole nitrogens is 1. The number of para-hydroxylation sites is 1. The van der Waals surface area contributed by atoms with Crippen molar-refractivity contribution in [1.29, 1.82) is 0 Å². The quantitative estimate of drug-likeness (QED) is 0.587. The summed E-state index contributed by atoms with van der Waals surface area (Å²) in [6.45, 7) is 0. The third-order valence-electron chi connectivity index (χ3n) is 4.43. The Hall–Kier alpha value is -3.60. The zero-order valence-corrected chi connectivity index (χ0v) is 14.2. The van der Waals surface area contributed by atoms with Crippen molar-refractivity contribution in [3.63, 3.8) is 0 Å². The van der Waals surface area contributed by atoms with E-state index in [0.29, 0.717) is 5.56 Å². The molecule has 0 bridgehead atoms. The van der Waals surface area contributed by atoms with Gasteiger partial charge >= 0.3 is 0 Å². The Labute approximate surface area is 150 Å². The topological polar surface area (TPSA) is 81.0 Å². The molecule has 5 nitrogen and oxygen atoms in total. The van der Waals surface area contributed by atoms with Crippen LogP contribution in [0, 0.1) is 0 Å². The Morgan fingerprint density at radius 3 is 2.54 bits per heavy atom. The van der Waals surface area contributed by atoms with E-state index in [1.165, 1.54) is 0 Å². The predicted octanol–water partition coefficient (Wildman–Crippen LogP) is 4.00. The number of aromatic amines is 1. The van der Waals surface area contributed by atoms with Crippen LogP contribution >= 0.6 is 0 Å². The fraction of sp³-hybridized carbons (Fsp3) is 0.0476. The zero-order chi connectivity index (χ0) is 18.1. The SMILES string of the molecule is COc1ccccc1-c1c[nH]c2ncc(-c3ccc(C(N)=O)cc3)cc12. The first-order valence-electron chi connectivity index (χ1n) is 8.18. The van der Waals surface area contributed by atoms with Crippen LogP contribution in [-0.2, 0) is 0 Å². The number of carbonyl (C=O) groups is 1. The number of aromatic nitrogens is 2. The van der Waals surface area contributed by atoms with E-state index < -0.39 is 5.91 Å². The van der Waals surface area contributed by atoms with Crippen LogP contribution < -0.4 is 10.5 Å². The van der Waals surface area contributed by atoms with Crippen molar-refractivity contribution in [2.45, 2.75) is 0 Å². The molecule has 128 valence electrons. The van der Waals surface area contributed by atoms with Gasteiger partial charge in [0.25, 0.3) is 0 Å². The van der Waals surface area contributed by atoms with E-state index in [0.717, 1.165) is 39.0 Å². The van der Waals surface area contributed by atoms with E-state index in [9.17, 15) is 4.79 Å². The van der Waals surface area contributed by atoms with Gasteiger partial charge in [-0.05, 0) is 29.8 Å². The molecule has 0 atom stereocenters. The fourth-order valence-corrected chi connectivity index (χ4v) is 3.08. The molecule has 1 amide bonds. The summed E-state index contributed by atoms with van der Waals surface area (Å²) >= 11 is 0. The maximum absolute atomic E-state index is 11.2. The molecule has 5 heteroatoms. The Morgan fingerprint density at radius 2 is 1.81 bits per heavy atom. The highest BCUT2D eigenvalue weighted by Gasteiger charge is 2.12. The molecule has 0 saturated carbocycles. The number of nitrogens with two attached hydrogens (primary N) is 1. The molecule has 0 unspecified atom stereocenters. The second-order valence-electron chi connectivity index (χ2n) is 5.96.